The Morgan fingerprint density at radius 3 is 2.58 bits per heavy atom. The highest BCUT2D eigenvalue weighted by Gasteiger charge is 2.65. The normalized spacial score (nSPS) is 23.3. The molecular formula is C16H11ClF3NO4S. The number of nitrogens with zero attached hydrogens (tertiary/aromatic N) is 1. The fourth-order valence-electron chi connectivity index (χ4n) is 2.76. The molecule has 0 spiro atoms. The zero-order chi connectivity index (χ0) is 19.5. The highest BCUT2D eigenvalue weighted by molar-refractivity contribution is 8.15. The molecular weight excluding hydrogens is 395 g/mol. The van der Waals surface area contributed by atoms with Gasteiger partial charge < -0.3 is 9.84 Å². The fraction of sp³-hybridized carbons (Fsp3) is 0.188. The Bertz CT molecular complexity index is 1020. The van der Waals surface area contributed by atoms with Gasteiger partial charge in [0, 0.05) is 22.9 Å². The molecule has 138 valence electrons. The topological polar surface area (TPSA) is 90.5 Å². The third-order valence-electron chi connectivity index (χ3n) is 4.09. The summed E-state index contributed by atoms with van der Waals surface area (Å²) in [4.78, 5) is -0.735. The van der Waals surface area contributed by atoms with Crippen molar-refractivity contribution < 1.29 is 31.8 Å². The molecule has 2 aromatic carbocycles. The lowest BCUT2D eigenvalue weighted by molar-refractivity contribution is -0.0437. The number of aliphatic hydroxyl groups is 1. The van der Waals surface area contributed by atoms with Gasteiger partial charge in [0.25, 0.3) is 0 Å². The molecule has 0 aromatic heterocycles. The van der Waals surface area contributed by atoms with Crippen LogP contribution in [0, 0.1) is 17.1 Å². The second-order valence-corrected chi connectivity index (χ2v) is 9.90. The van der Waals surface area contributed by atoms with E-state index in [1.165, 1.54) is 6.07 Å². The number of aliphatic hydroxyl groups excluding tert-OH is 1. The summed E-state index contributed by atoms with van der Waals surface area (Å²) < 4.78 is 70.0. The zero-order valence-electron chi connectivity index (χ0n) is 13.0. The molecule has 3 rings (SSSR count). The number of rotatable bonds is 2. The third kappa shape index (κ3) is 2.41. The van der Waals surface area contributed by atoms with Gasteiger partial charge in [0.2, 0.25) is 0 Å². The molecule has 0 fully saturated rings. The van der Waals surface area contributed by atoms with E-state index in [1.54, 1.807) is 6.07 Å². The average molecular weight is 406 g/mol. The van der Waals surface area contributed by atoms with E-state index in [9.17, 15) is 32.3 Å². The number of halogens is 4. The van der Waals surface area contributed by atoms with Crippen molar-refractivity contribution in [2.24, 2.45) is 0 Å². The van der Waals surface area contributed by atoms with Crippen molar-refractivity contribution in [1.29, 1.82) is 5.26 Å². The lowest BCUT2D eigenvalue weighted by Gasteiger charge is -2.40. The van der Waals surface area contributed by atoms with E-state index in [2.05, 4.69) is 0 Å². The molecule has 0 saturated carbocycles. The minimum absolute atomic E-state index is 0.00143. The van der Waals surface area contributed by atoms with Crippen LogP contribution in [0.25, 0.3) is 0 Å². The van der Waals surface area contributed by atoms with Crippen molar-refractivity contribution in [1.82, 2.24) is 0 Å². The van der Waals surface area contributed by atoms with Crippen LogP contribution in [0.15, 0.2) is 35.2 Å². The highest BCUT2D eigenvalue weighted by Crippen LogP contribution is 2.60. The Morgan fingerprint density at radius 2 is 2.00 bits per heavy atom. The molecule has 1 aliphatic heterocycles. The quantitative estimate of drug-likeness (QED) is 0.786. The molecule has 10 heteroatoms. The Hall–Kier alpha value is -2.12. The van der Waals surface area contributed by atoms with Crippen molar-refractivity contribution in [2.75, 3.05) is 6.26 Å². The minimum Gasteiger partial charge on any atom is -0.456 e. The van der Waals surface area contributed by atoms with Gasteiger partial charge >= 0.3 is 5.25 Å². The van der Waals surface area contributed by atoms with E-state index < -0.39 is 42.5 Å². The van der Waals surface area contributed by atoms with Crippen molar-refractivity contribution >= 4 is 20.9 Å². The summed E-state index contributed by atoms with van der Waals surface area (Å²) in [5, 5.41) is 14.9. The van der Waals surface area contributed by atoms with Crippen LogP contribution in [0.5, 0.6) is 11.5 Å². The van der Waals surface area contributed by atoms with Gasteiger partial charge in [0.15, 0.2) is 6.10 Å². The van der Waals surface area contributed by atoms with Crippen molar-refractivity contribution in [3.05, 3.63) is 52.3 Å². The Labute approximate surface area is 150 Å². The second kappa shape index (κ2) is 5.44. The fourth-order valence-corrected chi connectivity index (χ4v) is 5.03. The number of hydrogen-bond acceptors (Lipinski definition) is 4. The smallest absolute Gasteiger partial charge is 0.368 e. The number of fused-ring (bicyclic) bond motifs is 1. The molecule has 2 aromatic rings. The van der Waals surface area contributed by atoms with Crippen LogP contribution in [0.4, 0.5) is 13.2 Å². The standard InChI is InChI=1S/C16H11ClF3NO4S/c1-26(23,24)13-3-2-12(25-10-5-8(17)4-9(18)6-10)11(7-21)14(13)15(22)16(26,19)20/h2-6,15,22H,1H3,(H,23,24). The van der Waals surface area contributed by atoms with Crippen LogP contribution in [-0.4, -0.2) is 25.4 Å². The minimum atomic E-state index is -5.75. The molecule has 1 unspecified atom stereocenters. The zero-order valence-corrected chi connectivity index (χ0v) is 14.6. The molecule has 0 amide bonds. The maximum absolute atomic E-state index is 14.3. The number of benzene rings is 2. The summed E-state index contributed by atoms with van der Waals surface area (Å²) in [7, 11) is -5.75. The van der Waals surface area contributed by atoms with Crippen LogP contribution in [0.3, 0.4) is 0 Å². The molecule has 5 nitrogen and oxygen atoms in total. The van der Waals surface area contributed by atoms with E-state index in [0.29, 0.717) is 6.26 Å². The SMILES string of the molecule is CS1(=O)(O)c2ccc(Oc3cc(F)cc(Cl)c3)c(C#N)c2C(O)C1(F)F. The largest absolute Gasteiger partial charge is 0.456 e. The van der Waals surface area contributed by atoms with E-state index in [1.807, 2.05) is 0 Å². The first kappa shape index (κ1) is 18.7. The van der Waals surface area contributed by atoms with E-state index in [-0.39, 0.29) is 16.5 Å². The predicted molar refractivity (Wildman–Crippen MR) is 87.5 cm³/mol. The van der Waals surface area contributed by atoms with Gasteiger partial charge in [-0.1, -0.05) is 11.6 Å². The highest BCUT2D eigenvalue weighted by atomic mass is 35.5. The monoisotopic (exact) mass is 405 g/mol. The summed E-state index contributed by atoms with van der Waals surface area (Å²) in [6.07, 6.45) is -2.25. The third-order valence-corrected chi connectivity index (χ3v) is 7.21. The van der Waals surface area contributed by atoms with Crippen LogP contribution in [0.2, 0.25) is 5.02 Å². The van der Waals surface area contributed by atoms with Crippen molar-refractivity contribution in [3.63, 3.8) is 0 Å². The summed E-state index contributed by atoms with van der Waals surface area (Å²) >= 11 is 5.71. The molecule has 1 heterocycles. The van der Waals surface area contributed by atoms with Gasteiger partial charge in [-0.15, -0.1) is 9.35 Å². The number of hydrogen-bond donors (Lipinski definition) is 2. The molecule has 0 saturated heterocycles. The molecule has 26 heavy (non-hydrogen) atoms. The Morgan fingerprint density at radius 1 is 1.35 bits per heavy atom. The first-order chi connectivity index (χ1) is 11.9. The Kier molecular flexibility index (Phi) is 3.90. The van der Waals surface area contributed by atoms with Gasteiger partial charge in [-0.25, -0.2) is 4.39 Å². The maximum atomic E-state index is 14.3. The molecule has 0 aliphatic carbocycles. The van der Waals surface area contributed by atoms with E-state index in [0.717, 1.165) is 24.3 Å². The first-order valence-electron chi connectivity index (χ1n) is 7.03. The van der Waals surface area contributed by atoms with Gasteiger partial charge in [-0.3, -0.25) is 4.55 Å². The van der Waals surface area contributed by atoms with Gasteiger partial charge in [0.05, 0.1) is 4.90 Å². The average Bonchev–Trinajstić information content (AvgIpc) is 2.61. The molecule has 0 radical (unpaired) electrons. The maximum Gasteiger partial charge on any atom is 0.368 e. The van der Waals surface area contributed by atoms with Crippen LogP contribution in [-0.2, 0) is 9.35 Å². The van der Waals surface area contributed by atoms with Crippen LogP contribution < -0.4 is 4.74 Å². The second-order valence-electron chi connectivity index (χ2n) is 5.92. The van der Waals surface area contributed by atoms with Crippen LogP contribution in [0.1, 0.15) is 17.2 Å². The lowest BCUT2D eigenvalue weighted by Crippen LogP contribution is -2.47. The first-order valence-corrected chi connectivity index (χ1v) is 9.74. The van der Waals surface area contributed by atoms with Crippen LogP contribution >= 0.6 is 11.6 Å². The van der Waals surface area contributed by atoms with Crippen molar-refractivity contribution in [3.8, 4) is 17.6 Å². The number of alkyl halides is 2. The summed E-state index contributed by atoms with van der Waals surface area (Å²) in [5.41, 5.74) is -1.25. The molecule has 0 bridgehead atoms. The van der Waals surface area contributed by atoms with Gasteiger partial charge in [-0.2, -0.15) is 18.3 Å². The summed E-state index contributed by atoms with van der Waals surface area (Å²) in [5.74, 6) is -1.15. The predicted octanol–water partition coefficient (Wildman–Crippen LogP) is 4.06. The molecule has 1 aliphatic rings. The number of nitriles is 1. The summed E-state index contributed by atoms with van der Waals surface area (Å²) in [6.45, 7) is 0. The summed E-state index contributed by atoms with van der Waals surface area (Å²) in [6, 6.07) is 6.68. The van der Waals surface area contributed by atoms with Gasteiger partial charge in [0.1, 0.15) is 28.9 Å². The van der Waals surface area contributed by atoms with Gasteiger partial charge in [-0.05, 0) is 24.3 Å². The lowest BCUT2D eigenvalue weighted by atomic mass is 10.0. The van der Waals surface area contributed by atoms with Crippen molar-refractivity contribution in [2.45, 2.75) is 16.3 Å². The molecule has 1 atom stereocenters. The molecule has 2 N–H and O–H groups in total. The van der Waals surface area contributed by atoms with E-state index in [4.69, 9.17) is 16.3 Å². The number of ether oxygens (including phenoxy) is 1. The Balaban J connectivity index is 2.21. The van der Waals surface area contributed by atoms with E-state index >= 15 is 0 Å².